The zero-order valence-corrected chi connectivity index (χ0v) is 21.6. The number of aliphatic hydroxyl groups is 1. The van der Waals surface area contributed by atoms with Crippen molar-refractivity contribution in [2.24, 2.45) is 0 Å². The molecule has 0 spiro atoms. The second-order valence-electron chi connectivity index (χ2n) is 10.2. The van der Waals surface area contributed by atoms with E-state index in [0.29, 0.717) is 44.9 Å². The number of sulfonamides is 1. The Hall–Kier alpha value is -3.48. The number of carbonyl (C=O) groups excluding carboxylic acids is 1. The van der Waals surface area contributed by atoms with E-state index in [0.717, 1.165) is 12.8 Å². The van der Waals surface area contributed by atoms with Crippen molar-refractivity contribution in [1.29, 1.82) is 0 Å². The predicted molar refractivity (Wildman–Crippen MR) is 134 cm³/mol. The standard InChI is InChI=1S/C26H25N3O8S/c1-3-26(32)17-8-18-21-15(9-29(18)24(30)16(17)10-35-25(26)31)23-20-19(36-11-37-23)7-6-14(22(20)27-21)12(2)38(33,34)28-13-4-5-13/h6-8,12-13,28,32H,3-5,9-11H2,1-2H3/t12?,26-/m0/s1. The third kappa shape index (κ3) is 3.13. The maximum atomic E-state index is 13.6. The first-order valence-corrected chi connectivity index (χ1v) is 14.1. The van der Waals surface area contributed by atoms with Gasteiger partial charge in [0.15, 0.2) is 5.60 Å². The zero-order chi connectivity index (χ0) is 26.6. The lowest BCUT2D eigenvalue weighted by Gasteiger charge is -2.31. The SMILES string of the molecule is CC[C@@]1(O)C(=O)OCc2c1cc1n(c2=O)Cc2c-1nc1c(C(C)S(=O)(=O)NC3CC3)ccc3c1c2OCO3. The second kappa shape index (κ2) is 7.78. The van der Waals surface area contributed by atoms with Crippen molar-refractivity contribution < 1.29 is 32.5 Å². The number of cyclic esters (lactones) is 1. The van der Waals surface area contributed by atoms with Crippen molar-refractivity contribution in [3.8, 4) is 22.9 Å². The van der Waals surface area contributed by atoms with Crippen LogP contribution in [0.2, 0.25) is 0 Å². The Morgan fingerprint density at radius 1 is 1.21 bits per heavy atom. The van der Waals surface area contributed by atoms with Crippen LogP contribution in [0.25, 0.3) is 22.3 Å². The number of rotatable bonds is 5. The summed E-state index contributed by atoms with van der Waals surface area (Å²) in [7, 11) is -3.69. The Labute approximate surface area is 217 Å². The largest absolute Gasteiger partial charge is 0.458 e. The number of fused-ring (bicyclic) bond motifs is 5. The lowest BCUT2D eigenvalue weighted by Crippen LogP contribution is -2.44. The minimum absolute atomic E-state index is 0.0301. The summed E-state index contributed by atoms with van der Waals surface area (Å²) in [5, 5.41) is 10.8. The number of carbonyl (C=O) groups is 1. The van der Waals surface area contributed by atoms with Crippen molar-refractivity contribution in [1.82, 2.24) is 14.3 Å². The van der Waals surface area contributed by atoms with E-state index in [4.69, 9.17) is 19.2 Å². The van der Waals surface area contributed by atoms with E-state index in [2.05, 4.69) is 4.72 Å². The number of hydrogen-bond acceptors (Lipinski definition) is 9. The van der Waals surface area contributed by atoms with Gasteiger partial charge in [-0.15, -0.1) is 0 Å². The van der Waals surface area contributed by atoms with Crippen LogP contribution in [0.5, 0.6) is 11.5 Å². The molecule has 1 saturated carbocycles. The van der Waals surface area contributed by atoms with Gasteiger partial charge in [-0.3, -0.25) is 4.79 Å². The molecule has 1 unspecified atom stereocenters. The first kappa shape index (κ1) is 23.6. The Bertz CT molecular complexity index is 1740. The Kier molecular flexibility index (Phi) is 4.83. The van der Waals surface area contributed by atoms with Gasteiger partial charge >= 0.3 is 5.97 Å². The fourth-order valence-corrected chi connectivity index (χ4v) is 7.03. The maximum Gasteiger partial charge on any atom is 0.343 e. The van der Waals surface area contributed by atoms with E-state index >= 15 is 0 Å². The van der Waals surface area contributed by atoms with Gasteiger partial charge in [-0.05, 0) is 43.9 Å². The first-order chi connectivity index (χ1) is 18.1. The van der Waals surface area contributed by atoms with Crippen LogP contribution in [0.1, 0.15) is 60.6 Å². The summed E-state index contributed by atoms with van der Waals surface area (Å²) >= 11 is 0. The first-order valence-electron chi connectivity index (χ1n) is 12.6. The van der Waals surface area contributed by atoms with Crippen LogP contribution in [0.3, 0.4) is 0 Å². The van der Waals surface area contributed by atoms with E-state index in [1.54, 1.807) is 32.0 Å². The maximum absolute atomic E-state index is 13.6. The van der Waals surface area contributed by atoms with Crippen molar-refractivity contribution in [3.05, 3.63) is 50.8 Å². The van der Waals surface area contributed by atoms with Gasteiger partial charge in [-0.25, -0.2) is 22.9 Å². The highest BCUT2D eigenvalue weighted by Gasteiger charge is 2.46. The summed E-state index contributed by atoms with van der Waals surface area (Å²) in [5.41, 5.74) is 0.470. The minimum Gasteiger partial charge on any atom is -0.458 e. The summed E-state index contributed by atoms with van der Waals surface area (Å²) in [6.07, 6.45) is 1.66. The molecular formula is C26H25N3O8S. The number of nitrogens with zero attached hydrogens (tertiary/aromatic N) is 2. The normalized spacial score (nSPS) is 22.1. The Morgan fingerprint density at radius 2 is 2.00 bits per heavy atom. The molecule has 2 N–H and O–H groups in total. The molecule has 3 aliphatic heterocycles. The third-order valence-corrected chi connectivity index (χ3v) is 9.86. The van der Waals surface area contributed by atoms with E-state index in [-0.39, 0.29) is 49.1 Å². The molecule has 1 fully saturated rings. The average Bonchev–Trinajstić information content (AvgIpc) is 3.63. The number of esters is 1. The lowest BCUT2D eigenvalue weighted by atomic mass is 9.86. The number of hydrogen-bond donors (Lipinski definition) is 2. The summed E-state index contributed by atoms with van der Waals surface area (Å²) in [6, 6.07) is 5.00. The van der Waals surface area contributed by atoms with Crippen LogP contribution >= 0.6 is 0 Å². The molecule has 198 valence electrons. The van der Waals surface area contributed by atoms with Gasteiger partial charge in [-0.1, -0.05) is 13.0 Å². The molecule has 0 radical (unpaired) electrons. The van der Waals surface area contributed by atoms with E-state index in [1.165, 1.54) is 4.57 Å². The quantitative estimate of drug-likeness (QED) is 0.363. The van der Waals surface area contributed by atoms with Gasteiger partial charge in [0.05, 0.1) is 39.6 Å². The van der Waals surface area contributed by atoms with Crippen LogP contribution in [-0.4, -0.2) is 41.9 Å². The molecule has 1 aliphatic carbocycles. The number of pyridine rings is 2. The number of aromatic nitrogens is 2. The summed E-state index contributed by atoms with van der Waals surface area (Å²) in [5.74, 6) is 0.195. The number of nitrogens with one attached hydrogen (secondary N) is 1. The van der Waals surface area contributed by atoms with Crippen molar-refractivity contribution >= 4 is 26.9 Å². The van der Waals surface area contributed by atoms with Gasteiger partial charge < -0.3 is 23.9 Å². The zero-order valence-electron chi connectivity index (χ0n) is 20.7. The molecule has 3 aromatic rings. The topological polar surface area (TPSA) is 146 Å². The molecule has 0 bridgehead atoms. The molecule has 2 aromatic heterocycles. The van der Waals surface area contributed by atoms with Crippen molar-refractivity contribution in [2.75, 3.05) is 6.79 Å². The van der Waals surface area contributed by atoms with Crippen molar-refractivity contribution in [2.45, 2.75) is 63.2 Å². The predicted octanol–water partition coefficient (Wildman–Crippen LogP) is 1.95. The molecular weight excluding hydrogens is 514 g/mol. The molecule has 12 heteroatoms. The molecule has 0 amide bonds. The molecule has 0 saturated heterocycles. The van der Waals surface area contributed by atoms with Gasteiger partial charge in [-0.2, -0.15) is 0 Å². The Morgan fingerprint density at radius 3 is 2.74 bits per heavy atom. The van der Waals surface area contributed by atoms with Gasteiger partial charge in [0.25, 0.3) is 5.56 Å². The molecule has 7 rings (SSSR count). The average molecular weight is 540 g/mol. The molecule has 4 aliphatic rings. The van der Waals surface area contributed by atoms with Gasteiger partial charge in [0, 0.05) is 17.2 Å². The summed E-state index contributed by atoms with van der Waals surface area (Å²) in [4.78, 5) is 30.9. The highest BCUT2D eigenvalue weighted by molar-refractivity contribution is 7.89. The highest BCUT2D eigenvalue weighted by atomic mass is 32.2. The molecule has 2 atom stereocenters. The lowest BCUT2D eigenvalue weighted by molar-refractivity contribution is -0.172. The molecule has 38 heavy (non-hydrogen) atoms. The molecule has 1 aromatic carbocycles. The van der Waals surface area contributed by atoms with E-state index in [9.17, 15) is 23.1 Å². The number of ether oxygens (including phenoxy) is 3. The Balaban J connectivity index is 1.48. The van der Waals surface area contributed by atoms with Crippen molar-refractivity contribution in [3.63, 3.8) is 0 Å². The fraction of sp³-hybridized carbons (Fsp3) is 0.423. The van der Waals surface area contributed by atoms with E-state index < -0.39 is 26.8 Å². The monoisotopic (exact) mass is 539 g/mol. The second-order valence-corrected chi connectivity index (χ2v) is 12.3. The smallest absolute Gasteiger partial charge is 0.343 e. The van der Waals surface area contributed by atoms with E-state index in [1.807, 2.05) is 0 Å². The summed E-state index contributed by atoms with van der Waals surface area (Å²) in [6.45, 7) is 3.15. The summed E-state index contributed by atoms with van der Waals surface area (Å²) < 4.78 is 47.3. The van der Waals surface area contributed by atoms with Crippen LogP contribution in [0.4, 0.5) is 0 Å². The van der Waals surface area contributed by atoms with Gasteiger partial charge in [0.1, 0.15) is 18.1 Å². The fourth-order valence-electron chi connectivity index (χ4n) is 5.60. The van der Waals surface area contributed by atoms with Crippen LogP contribution in [-0.2, 0) is 38.3 Å². The highest BCUT2D eigenvalue weighted by Crippen LogP contribution is 2.48. The van der Waals surface area contributed by atoms with Crippen LogP contribution < -0.4 is 19.8 Å². The van der Waals surface area contributed by atoms with Crippen LogP contribution in [0.15, 0.2) is 23.0 Å². The minimum atomic E-state index is -3.69. The number of benzene rings is 1. The molecule has 11 nitrogen and oxygen atoms in total. The third-order valence-electron chi connectivity index (χ3n) is 8.01. The van der Waals surface area contributed by atoms with Gasteiger partial charge in [0.2, 0.25) is 16.8 Å². The molecule has 5 heterocycles. The van der Waals surface area contributed by atoms with Crippen LogP contribution in [0, 0.1) is 0 Å².